The van der Waals surface area contributed by atoms with Gasteiger partial charge in [-0.25, -0.2) is 0 Å². The zero-order chi connectivity index (χ0) is 9.80. The summed E-state index contributed by atoms with van der Waals surface area (Å²) < 4.78 is 0. The van der Waals surface area contributed by atoms with Crippen molar-refractivity contribution in [2.45, 2.75) is 41.1 Å². The van der Waals surface area contributed by atoms with Crippen LogP contribution in [0.4, 0.5) is 0 Å². The second-order valence-electron chi connectivity index (χ2n) is 3.82. The number of thioether (sulfide) groups is 1. The van der Waals surface area contributed by atoms with E-state index in [0.29, 0.717) is 5.25 Å². The highest BCUT2D eigenvalue weighted by molar-refractivity contribution is 8.00. The Kier molecular flexibility index (Phi) is 3.82. The maximum Gasteiger partial charge on any atom is 0.0211 e. The molecule has 1 aromatic carbocycles. The molecular weight excluding hydrogens is 208 g/mol. The van der Waals surface area contributed by atoms with E-state index in [9.17, 15) is 0 Å². The monoisotopic (exact) mass is 224 g/mol. The third-order valence-electron chi connectivity index (χ3n) is 2.70. The third-order valence-corrected chi connectivity index (χ3v) is 4.93. The first kappa shape index (κ1) is 10.4. The summed E-state index contributed by atoms with van der Waals surface area (Å²) in [5.41, 5.74) is 0. The van der Waals surface area contributed by atoms with E-state index in [1.54, 1.807) is 0 Å². The molecule has 0 nitrogen and oxygen atoms in total. The molecular formula is C12H16S2. The van der Waals surface area contributed by atoms with Gasteiger partial charge in [0.2, 0.25) is 0 Å². The molecule has 0 aromatic heterocycles. The SMILES string of the molecule is SC1CCCCC1Sc1ccccc1. The van der Waals surface area contributed by atoms with Gasteiger partial charge in [-0.15, -0.1) is 11.8 Å². The fraction of sp³-hybridized carbons (Fsp3) is 0.500. The van der Waals surface area contributed by atoms with Gasteiger partial charge in [0.1, 0.15) is 0 Å². The van der Waals surface area contributed by atoms with E-state index in [4.69, 9.17) is 0 Å². The maximum absolute atomic E-state index is 4.67. The Bertz CT molecular complexity index is 271. The summed E-state index contributed by atoms with van der Waals surface area (Å²) in [6, 6.07) is 10.7. The zero-order valence-electron chi connectivity index (χ0n) is 8.23. The second kappa shape index (κ2) is 5.13. The fourth-order valence-corrected chi connectivity index (χ4v) is 3.64. The second-order valence-corrected chi connectivity index (χ2v) is 5.80. The molecule has 0 aliphatic heterocycles. The predicted molar refractivity (Wildman–Crippen MR) is 67.3 cm³/mol. The first-order chi connectivity index (χ1) is 6.86. The topological polar surface area (TPSA) is 0 Å². The Morgan fingerprint density at radius 1 is 1.07 bits per heavy atom. The summed E-state index contributed by atoms with van der Waals surface area (Å²) in [6.07, 6.45) is 5.35. The number of hydrogen-bond donors (Lipinski definition) is 1. The minimum atomic E-state index is 0.592. The number of benzene rings is 1. The molecule has 1 aliphatic rings. The summed E-state index contributed by atoms with van der Waals surface area (Å²) in [5, 5.41) is 1.31. The lowest BCUT2D eigenvalue weighted by Gasteiger charge is -2.27. The molecule has 0 spiro atoms. The highest BCUT2D eigenvalue weighted by Crippen LogP contribution is 2.35. The van der Waals surface area contributed by atoms with E-state index in [1.807, 2.05) is 11.8 Å². The van der Waals surface area contributed by atoms with Gasteiger partial charge in [-0.1, -0.05) is 31.0 Å². The lowest BCUT2D eigenvalue weighted by Crippen LogP contribution is -2.21. The van der Waals surface area contributed by atoms with Crippen molar-refractivity contribution in [2.75, 3.05) is 0 Å². The summed E-state index contributed by atoms with van der Waals surface area (Å²) in [6.45, 7) is 0. The molecule has 0 heterocycles. The van der Waals surface area contributed by atoms with Crippen LogP contribution in [0.25, 0.3) is 0 Å². The van der Waals surface area contributed by atoms with Crippen LogP contribution < -0.4 is 0 Å². The molecule has 2 unspecified atom stereocenters. The lowest BCUT2D eigenvalue weighted by atomic mass is 10.00. The smallest absolute Gasteiger partial charge is 0.0211 e. The largest absolute Gasteiger partial charge is 0.175 e. The Hall–Kier alpha value is -0.0800. The number of rotatable bonds is 2. The summed E-state index contributed by atoms with van der Waals surface area (Å²) in [7, 11) is 0. The van der Waals surface area contributed by atoms with Crippen LogP contribution in [0.1, 0.15) is 25.7 Å². The van der Waals surface area contributed by atoms with Crippen LogP contribution in [0.15, 0.2) is 35.2 Å². The van der Waals surface area contributed by atoms with E-state index in [0.717, 1.165) is 5.25 Å². The van der Waals surface area contributed by atoms with Crippen LogP contribution in [0.5, 0.6) is 0 Å². The molecule has 2 rings (SSSR count). The van der Waals surface area contributed by atoms with Crippen LogP contribution in [0, 0.1) is 0 Å². The third kappa shape index (κ3) is 2.71. The van der Waals surface area contributed by atoms with E-state index < -0.39 is 0 Å². The van der Waals surface area contributed by atoms with Crippen LogP contribution in [-0.2, 0) is 0 Å². The quantitative estimate of drug-likeness (QED) is 0.740. The molecule has 2 heteroatoms. The number of thiol groups is 1. The van der Waals surface area contributed by atoms with Crippen molar-refractivity contribution in [3.63, 3.8) is 0 Å². The van der Waals surface area contributed by atoms with E-state index >= 15 is 0 Å². The van der Waals surface area contributed by atoms with Crippen molar-refractivity contribution in [2.24, 2.45) is 0 Å². The Morgan fingerprint density at radius 2 is 1.79 bits per heavy atom. The zero-order valence-corrected chi connectivity index (χ0v) is 9.94. The molecule has 0 saturated heterocycles. The van der Waals surface area contributed by atoms with E-state index in [1.165, 1.54) is 30.6 Å². The van der Waals surface area contributed by atoms with Gasteiger partial charge in [0.05, 0.1) is 0 Å². The normalized spacial score (nSPS) is 27.5. The van der Waals surface area contributed by atoms with Gasteiger partial charge >= 0.3 is 0 Å². The molecule has 0 amide bonds. The molecule has 0 bridgehead atoms. The van der Waals surface area contributed by atoms with Gasteiger partial charge in [0.25, 0.3) is 0 Å². The Labute approximate surface area is 95.9 Å². The molecule has 2 atom stereocenters. The van der Waals surface area contributed by atoms with Gasteiger partial charge in [-0.3, -0.25) is 0 Å². The molecule has 1 aromatic rings. The molecule has 0 N–H and O–H groups in total. The summed E-state index contributed by atoms with van der Waals surface area (Å²) in [5.74, 6) is 0. The van der Waals surface area contributed by atoms with E-state index in [-0.39, 0.29) is 0 Å². The van der Waals surface area contributed by atoms with Gasteiger partial charge in [0, 0.05) is 15.4 Å². The minimum absolute atomic E-state index is 0.592. The van der Waals surface area contributed by atoms with Crippen molar-refractivity contribution < 1.29 is 0 Å². The first-order valence-corrected chi connectivity index (χ1v) is 6.65. The first-order valence-electron chi connectivity index (χ1n) is 5.26. The van der Waals surface area contributed by atoms with Crippen molar-refractivity contribution in [3.05, 3.63) is 30.3 Å². The van der Waals surface area contributed by atoms with Crippen LogP contribution >= 0.6 is 24.4 Å². The van der Waals surface area contributed by atoms with Crippen LogP contribution in [-0.4, -0.2) is 10.5 Å². The van der Waals surface area contributed by atoms with Crippen molar-refractivity contribution in [1.82, 2.24) is 0 Å². The van der Waals surface area contributed by atoms with Gasteiger partial charge in [-0.05, 0) is 25.0 Å². The Balaban J connectivity index is 1.96. The maximum atomic E-state index is 4.67. The average molecular weight is 224 g/mol. The van der Waals surface area contributed by atoms with Gasteiger partial charge < -0.3 is 0 Å². The van der Waals surface area contributed by atoms with Crippen LogP contribution in [0.2, 0.25) is 0 Å². The molecule has 1 saturated carbocycles. The molecule has 76 valence electrons. The molecule has 1 fully saturated rings. The highest BCUT2D eigenvalue weighted by Gasteiger charge is 2.22. The lowest BCUT2D eigenvalue weighted by molar-refractivity contribution is 0.529. The molecule has 0 radical (unpaired) electrons. The molecule has 1 aliphatic carbocycles. The van der Waals surface area contributed by atoms with Gasteiger partial charge in [0.15, 0.2) is 0 Å². The average Bonchev–Trinajstić information content (AvgIpc) is 2.23. The Morgan fingerprint density at radius 3 is 2.50 bits per heavy atom. The van der Waals surface area contributed by atoms with E-state index in [2.05, 4.69) is 43.0 Å². The minimum Gasteiger partial charge on any atom is -0.175 e. The predicted octanol–water partition coefficient (Wildman–Crippen LogP) is 4.02. The fourth-order valence-electron chi connectivity index (χ4n) is 1.89. The highest BCUT2D eigenvalue weighted by atomic mass is 32.2. The summed E-state index contributed by atoms with van der Waals surface area (Å²) >= 11 is 6.66. The standard InChI is InChI=1S/C12H16S2/c13-11-8-4-5-9-12(11)14-10-6-2-1-3-7-10/h1-3,6-7,11-13H,4-5,8-9H2. The van der Waals surface area contributed by atoms with Crippen molar-refractivity contribution >= 4 is 24.4 Å². The number of hydrogen-bond acceptors (Lipinski definition) is 2. The summed E-state index contributed by atoms with van der Waals surface area (Å²) in [4.78, 5) is 1.39. The van der Waals surface area contributed by atoms with Crippen LogP contribution in [0.3, 0.4) is 0 Å². The van der Waals surface area contributed by atoms with Crippen molar-refractivity contribution in [1.29, 1.82) is 0 Å². The van der Waals surface area contributed by atoms with Crippen molar-refractivity contribution in [3.8, 4) is 0 Å². The van der Waals surface area contributed by atoms with Gasteiger partial charge in [-0.2, -0.15) is 12.6 Å². The molecule has 14 heavy (non-hydrogen) atoms.